The van der Waals surface area contributed by atoms with Crippen molar-refractivity contribution in [2.24, 2.45) is 5.92 Å². The third-order valence-corrected chi connectivity index (χ3v) is 2.50. The van der Waals surface area contributed by atoms with E-state index in [2.05, 4.69) is 18.8 Å². The molecule has 1 heterocycles. The Bertz CT molecular complexity index is 402. The van der Waals surface area contributed by atoms with E-state index < -0.39 is 5.97 Å². The zero-order valence-corrected chi connectivity index (χ0v) is 10.9. The molecule has 0 atom stereocenters. The molecule has 1 rings (SSSR count). The number of rotatable bonds is 5. The first-order valence-corrected chi connectivity index (χ1v) is 5.89. The summed E-state index contributed by atoms with van der Waals surface area (Å²) < 4.78 is 0. The van der Waals surface area contributed by atoms with Crippen LogP contribution in [0.1, 0.15) is 36.8 Å². The summed E-state index contributed by atoms with van der Waals surface area (Å²) in [6.45, 7) is 7.08. The lowest BCUT2D eigenvalue weighted by Gasteiger charge is -2.21. The lowest BCUT2D eigenvalue weighted by molar-refractivity contribution is 0.0696. The predicted octanol–water partition coefficient (Wildman–Crippen LogP) is 2.43. The Morgan fingerprint density at radius 1 is 1.47 bits per heavy atom. The minimum absolute atomic E-state index is 0.308. The van der Waals surface area contributed by atoms with E-state index >= 15 is 0 Å². The maximum absolute atomic E-state index is 11.0. The molecule has 4 nitrogen and oxygen atoms in total. The summed E-state index contributed by atoms with van der Waals surface area (Å²) in [5.41, 5.74) is 1.12. The monoisotopic (exact) mass is 236 g/mol. The molecule has 1 aromatic heterocycles. The van der Waals surface area contributed by atoms with Gasteiger partial charge < -0.3 is 10.0 Å². The first-order valence-electron chi connectivity index (χ1n) is 5.89. The van der Waals surface area contributed by atoms with Gasteiger partial charge in [-0.1, -0.05) is 20.8 Å². The standard InChI is InChI=1S/C13H20N2O2/c1-5-11-6-10(13(16)17)7-12(14-11)15(4)8-9(2)3/h6-7,9H,5,8H2,1-4H3,(H,16,17). The summed E-state index contributed by atoms with van der Waals surface area (Å²) in [6.07, 6.45) is 0.740. The normalized spacial score (nSPS) is 10.6. The molecule has 0 unspecified atom stereocenters. The molecule has 0 bridgehead atoms. The minimum atomic E-state index is -0.902. The molecular weight excluding hydrogens is 216 g/mol. The third kappa shape index (κ3) is 3.73. The molecule has 0 aliphatic carbocycles. The average Bonchev–Trinajstić information content (AvgIpc) is 2.27. The molecular formula is C13H20N2O2. The number of carboxylic acids is 1. The SMILES string of the molecule is CCc1cc(C(=O)O)cc(N(C)CC(C)C)n1. The number of pyridine rings is 1. The summed E-state index contributed by atoms with van der Waals surface area (Å²) in [5.74, 6) is 0.345. The lowest BCUT2D eigenvalue weighted by Crippen LogP contribution is -2.24. The van der Waals surface area contributed by atoms with Crippen LogP contribution in [-0.4, -0.2) is 29.7 Å². The summed E-state index contributed by atoms with van der Waals surface area (Å²) >= 11 is 0. The van der Waals surface area contributed by atoms with Gasteiger partial charge in [-0.3, -0.25) is 0 Å². The van der Waals surface area contributed by atoms with Crippen LogP contribution in [0.3, 0.4) is 0 Å². The Morgan fingerprint density at radius 3 is 2.59 bits per heavy atom. The van der Waals surface area contributed by atoms with Crippen molar-refractivity contribution in [3.8, 4) is 0 Å². The Hall–Kier alpha value is -1.58. The number of aromatic nitrogens is 1. The van der Waals surface area contributed by atoms with E-state index in [1.165, 1.54) is 0 Å². The van der Waals surface area contributed by atoms with Crippen molar-refractivity contribution in [3.05, 3.63) is 23.4 Å². The van der Waals surface area contributed by atoms with Gasteiger partial charge in [0.1, 0.15) is 5.82 Å². The fraction of sp³-hybridized carbons (Fsp3) is 0.538. The Labute approximate surface area is 102 Å². The number of hydrogen-bond acceptors (Lipinski definition) is 3. The van der Waals surface area contributed by atoms with Gasteiger partial charge >= 0.3 is 5.97 Å². The molecule has 0 fully saturated rings. The summed E-state index contributed by atoms with van der Waals surface area (Å²) in [4.78, 5) is 17.5. The zero-order valence-electron chi connectivity index (χ0n) is 10.9. The highest BCUT2D eigenvalue weighted by molar-refractivity contribution is 5.88. The second-order valence-corrected chi connectivity index (χ2v) is 4.64. The van der Waals surface area contributed by atoms with Gasteiger partial charge in [0, 0.05) is 19.3 Å². The Balaban J connectivity index is 3.06. The topological polar surface area (TPSA) is 53.4 Å². The van der Waals surface area contributed by atoms with Gasteiger partial charge in [-0.05, 0) is 24.5 Å². The smallest absolute Gasteiger partial charge is 0.335 e. The quantitative estimate of drug-likeness (QED) is 0.853. The molecule has 0 saturated carbocycles. The summed E-state index contributed by atoms with van der Waals surface area (Å²) in [6, 6.07) is 3.26. The van der Waals surface area contributed by atoms with Crippen LogP contribution in [0.5, 0.6) is 0 Å². The number of carbonyl (C=O) groups is 1. The molecule has 0 radical (unpaired) electrons. The van der Waals surface area contributed by atoms with Crippen molar-refractivity contribution in [1.29, 1.82) is 0 Å². The largest absolute Gasteiger partial charge is 0.478 e. The van der Waals surface area contributed by atoms with E-state index in [9.17, 15) is 4.79 Å². The Morgan fingerprint density at radius 2 is 2.12 bits per heavy atom. The van der Waals surface area contributed by atoms with Crippen LogP contribution < -0.4 is 4.90 Å². The number of carboxylic acid groups (broad SMARTS) is 1. The van der Waals surface area contributed by atoms with Crippen molar-refractivity contribution in [2.45, 2.75) is 27.2 Å². The fourth-order valence-electron chi connectivity index (χ4n) is 1.71. The second-order valence-electron chi connectivity index (χ2n) is 4.64. The summed E-state index contributed by atoms with van der Waals surface area (Å²) in [7, 11) is 1.94. The van der Waals surface area contributed by atoms with Gasteiger partial charge in [0.05, 0.1) is 5.56 Å². The predicted molar refractivity (Wildman–Crippen MR) is 68.7 cm³/mol. The van der Waals surface area contributed by atoms with Crippen LogP contribution in [-0.2, 0) is 6.42 Å². The third-order valence-electron chi connectivity index (χ3n) is 2.50. The maximum atomic E-state index is 11.0. The first-order chi connectivity index (χ1) is 7.93. The molecule has 1 aromatic rings. The zero-order chi connectivity index (χ0) is 13.0. The maximum Gasteiger partial charge on any atom is 0.335 e. The Kier molecular flexibility index (Phi) is 4.49. The molecule has 0 spiro atoms. The van der Waals surface area contributed by atoms with E-state index in [0.717, 1.165) is 24.5 Å². The number of aryl methyl sites for hydroxylation is 1. The van der Waals surface area contributed by atoms with E-state index in [1.807, 2.05) is 18.9 Å². The number of anilines is 1. The van der Waals surface area contributed by atoms with Gasteiger partial charge in [-0.2, -0.15) is 0 Å². The molecule has 0 aromatic carbocycles. The van der Waals surface area contributed by atoms with Crippen molar-refractivity contribution in [2.75, 3.05) is 18.5 Å². The van der Waals surface area contributed by atoms with E-state index in [4.69, 9.17) is 5.11 Å². The van der Waals surface area contributed by atoms with Gasteiger partial charge in [0.25, 0.3) is 0 Å². The fourth-order valence-corrected chi connectivity index (χ4v) is 1.71. The van der Waals surface area contributed by atoms with Gasteiger partial charge in [0.2, 0.25) is 0 Å². The summed E-state index contributed by atoms with van der Waals surface area (Å²) in [5, 5.41) is 9.05. The molecule has 0 aliphatic heterocycles. The number of hydrogen-bond donors (Lipinski definition) is 1. The highest BCUT2D eigenvalue weighted by Crippen LogP contribution is 2.15. The van der Waals surface area contributed by atoms with E-state index in [1.54, 1.807) is 12.1 Å². The van der Waals surface area contributed by atoms with Crippen LogP contribution in [0.15, 0.2) is 12.1 Å². The van der Waals surface area contributed by atoms with Crippen molar-refractivity contribution in [1.82, 2.24) is 4.98 Å². The molecule has 1 N–H and O–H groups in total. The number of nitrogens with zero attached hydrogens (tertiary/aromatic N) is 2. The highest BCUT2D eigenvalue weighted by atomic mass is 16.4. The van der Waals surface area contributed by atoms with Crippen LogP contribution in [0.4, 0.5) is 5.82 Å². The molecule has 4 heteroatoms. The first kappa shape index (κ1) is 13.5. The van der Waals surface area contributed by atoms with Crippen LogP contribution in [0.2, 0.25) is 0 Å². The highest BCUT2D eigenvalue weighted by Gasteiger charge is 2.11. The van der Waals surface area contributed by atoms with Crippen LogP contribution >= 0.6 is 0 Å². The molecule has 0 amide bonds. The van der Waals surface area contributed by atoms with E-state index in [-0.39, 0.29) is 0 Å². The minimum Gasteiger partial charge on any atom is -0.478 e. The molecule has 94 valence electrons. The van der Waals surface area contributed by atoms with Gasteiger partial charge in [0.15, 0.2) is 0 Å². The average molecular weight is 236 g/mol. The van der Waals surface area contributed by atoms with Crippen LogP contribution in [0, 0.1) is 5.92 Å². The molecule has 0 saturated heterocycles. The van der Waals surface area contributed by atoms with Crippen LogP contribution in [0.25, 0.3) is 0 Å². The second kappa shape index (κ2) is 5.66. The van der Waals surface area contributed by atoms with Crippen molar-refractivity contribution >= 4 is 11.8 Å². The van der Waals surface area contributed by atoms with E-state index in [0.29, 0.717) is 11.5 Å². The van der Waals surface area contributed by atoms with Gasteiger partial charge in [-0.15, -0.1) is 0 Å². The van der Waals surface area contributed by atoms with Gasteiger partial charge in [-0.25, -0.2) is 9.78 Å². The number of aromatic carboxylic acids is 1. The van der Waals surface area contributed by atoms with Crippen molar-refractivity contribution in [3.63, 3.8) is 0 Å². The molecule has 0 aliphatic rings. The van der Waals surface area contributed by atoms with Crippen molar-refractivity contribution < 1.29 is 9.90 Å². The molecule has 17 heavy (non-hydrogen) atoms. The lowest BCUT2D eigenvalue weighted by atomic mass is 10.1.